The fourth-order valence-electron chi connectivity index (χ4n) is 2.90. The average Bonchev–Trinajstić information content (AvgIpc) is 3.31. The summed E-state index contributed by atoms with van der Waals surface area (Å²) in [6.45, 7) is 2.85. The predicted octanol–water partition coefficient (Wildman–Crippen LogP) is 3.58. The lowest BCUT2D eigenvalue weighted by Gasteiger charge is -2.22. The van der Waals surface area contributed by atoms with Crippen LogP contribution in [0, 0.1) is 0 Å². The van der Waals surface area contributed by atoms with E-state index < -0.39 is 0 Å². The second kappa shape index (κ2) is 6.49. The van der Waals surface area contributed by atoms with Crippen molar-refractivity contribution in [2.24, 2.45) is 0 Å². The van der Waals surface area contributed by atoms with Gasteiger partial charge in [-0.1, -0.05) is 35.5 Å². The first kappa shape index (κ1) is 15.5. The second-order valence-corrected chi connectivity index (χ2v) is 6.17. The molecule has 0 saturated carbocycles. The topological polar surface area (TPSA) is 59.5 Å². The van der Waals surface area contributed by atoms with Crippen LogP contribution in [0.2, 0.25) is 0 Å². The number of nitrogens with zero attached hydrogens (tertiary/aromatic N) is 5. The van der Waals surface area contributed by atoms with Gasteiger partial charge in [-0.05, 0) is 19.5 Å². The van der Waals surface area contributed by atoms with Crippen molar-refractivity contribution in [2.45, 2.75) is 19.5 Å². The van der Waals surface area contributed by atoms with Gasteiger partial charge in [-0.3, -0.25) is 4.90 Å². The van der Waals surface area contributed by atoms with Crippen LogP contribution in [0.5, 0.6) is 0 Å². The Morgan fingerprint density at radius 3 is 2.76 bits per heavy atom. The highest BCUT2D eigenvalue weighted by atomic mass is 16.5. The summed E-state index contributed by atoms with van der Waals surface area (Å²) in [6.07, 6.45) is 7.40. The normalized spacial score (nSPS) is 12.8. The smallest absolute Gasteiger partial charge is 0.162 e. The van der Waals surface area contributed by atoms with Crippen molar-refractivity contribution < 1.29 is 4.52 Å². The van der Waals surface area contributed by atoms with Gasteiger partial charge in [-0.25, -0.2) is 9.50 Å². The Labute approximate surface area is 145 Å². The molecule has 0 saturated heterocycles. The highest BCUT2D eigenvalue weighted by Gasteiger charge is 2.15. The number of fused-ring (bicyclic) bond motifs is 1. The zero-order valence-corrected chi connectivity index (χ0v) is 14.2. The van der Waals surface area contributed by atoms with Gasteiger partial charge in [0.2, 0.25) is 0 Å². The second-order valence-electron chi connectivity index (χ2n) is 6.17. The molecule has 126 valence electrons. The summed E-state index contributed by atoms with van der Waals surface area (Å²) in [4.78, 5) is 6.83. The molecule has 0 N–H and O–H groups in total. The van der Waals surface area contributed by atoms with Gasteiger partial charge in [0.1, 0.15) is 12.0 Å². The summed E-state index contributed by atoms with van der Waals surface area (Å²) in [5.74, 6) is 0. The molecule has 0 amide bonds. The first-order valence-corrected chi connectivity index (χ1v) is 8.20. The monoisotopic (exact) mass is 333 g/mol. The van der Waals surface area contributed by atoms with Crippen LogP contribution in [0.4, 0.5) is 0 Å². The van der Waals surface area contributed by atoms with Crippen LogP contribution in [0.3, 0.4) is 0 Å². The zero-order valence-electron chi connectivity index (χ0n) is 14.2. The first-order chi connectivity index (χ1) is 12.2. The molecule has 3 heterocycles. The Morgan fingerprint density at radius 2 is 2.00 bits per heavy atom. The SMILES string of the molecule is CC(c1ccon1)N(C)Cc1cnc2c(-c3ccccc3)cnn2c1. The van der Waals surface area contributed by atoms with Crippen LogP contribution >= 0.6 is 0 Å². The van der Waals surface area contributed by atoms with E-state index in [9.17, 15) is 0 Å². The summed E-state index contributed by atoms with van der Waals surface area (Å²) in [5, 5.41) is 8.48. The fourth-order valence-corrected chi connectivity index (χ4v) is 2.90. The molecule has 0 spiro atoms. The molecule has 0 bridgehead atoms. The van der Waals surface area contributed by atoms with E-state index in [4.69, 9.17) is 4.52 Å². The van der Waals surface area contributed by atoms with Crippen LogP contribution < -0.4 is 0 Å². The highest BCUT2D eigenvalue weighted by Crippen LogP contribution is 2.23. The summed E-state index contributed by atoms with van der Waals surface area (Å²) >= 11 is 0. The largest absolute Gasteiger partial charge is 0.364 e. The van der Waals surface area contributed by atoms with E-state index in [1.54, 1.807) is 6.26 Å². The van der Waals surface area contributed by atoms with E-state index in [1.165, 1.54) is 0 Å². The highest BCUT2D eigenvalue weighted by molar-refractivity contribution is 5.76. The number of hydrogen-bond donors (Lipinski definition) is 0. The van der Waals surface area contributed by atoms with E-state index in [1.807, 2.05) is 47.4 Å². The molecule has 0 fully saturated rings. The van der Waals surface area contributed by atoms with Crippen LogP contribution in [0.1, 0.15) is 24.2 Å². The van der Waals surface area contributed by atoms with Crippen LogP contribution in [-0.4, -0.2) is 31.7 Å². The van der Waals surface area contributed by atoms with Gasteiger partial charge in [0.15, 0.2) is 5.65 Å². The Kier molecular flexibility index (Phi) is 4.03. The Balaban J connectivity index is 1.58. The molecule has 4 aromatic rings. The molecule has 1 unspecified atom stereocenters. The minimum absolute atomic E-state index is 0.159. The van der Waals surface area contributed by atoms with Crippen molar-refractivity contribution in [1.29, 1.82) is 0 Å². The van der Waals surface area contributed by atoms with Gasteiger partial charge in [-0.15, -0.1) is 0 Å². The van der Waals surface area contributed by atoms with Crippen molar-refractivity contribution in [2.75, 3.05) is 7.05 Å². The van der Waals surface area contributed by atoms with Gasteiger partial charge in [0.25, 0.3) is 0 Å². The third kappa shape index (κ3) is 3.04. The van der Waals surface area contributed by atoms with Crippen LogP contribution in [0.25, 0.3) is 16.8 Å². The Bertz CT molecular complexity index is 962. The van der Waals surface area contributed by atoms with E-state index >= 15 is 0 Å². The van der Waals surface area contributed by atoms with Crippen molar-refractivity contribution in [3.05, 3.63) is 72.5 Å². The van der Waals surface area contributed by atoms with Gasteiger partial charge in [0.05, 0.1) is 12.2 Å². The standard InChI is InChI=1S/C19H19N5O/c1-14(18-8-9-25-22-18)23(2)12-15-10-20-19-17(11-21-24(19)13-15)16-6-4-3-5-7-16/h3-11,13-14H,12H2,1-2H3. The van der Waals surface area contributed by atoms with Crippen molar-refractivity contribution >= 4 is 5.65 Å². The molecular weight excluding hydrogens is 314 g/mol. The molecular formula is C19H19N5O. The predicted molar refractivity (Wildman–Crippen MR) is 94.8 cm³/mol. The third-order valence-electron chi connectivity index (χ3n) is 4.47. The van der Waals surface area contributed by atoms with Gasteiger partial charge in [0, 0.05) is 36.1 Å². The number of rotatable bonds is 5. The van der Waals surface area contributed by atoms with E-state index in [0.717, 1.165) is 34.6 Å². The third-order valence-corrected chi connectivity index (χ3v) is 4.47. The van der Waals surface area contributed by atoms with Crippen LogP contribution in [0.15, 0.2) is 65.8 Å². The lowest BCUT2D eigenvalue weighted by Crippen LogP contribution is -2.22. The van der Waals surface area contributed by atoms with Gasteiger partial charge < -0.3 is 4.52 Å². The molecule has 3 aromatic heterocycles. The zero-order chi connectivity index (χ0) is 17.2. The fraction of sp³-hybridized carbons (Fsp3) is 0.211. The summed E-state index contributed by atoms with van der Waals surface area (Å²) in [5.41, 5.74) is 5.03. The minimum atomic E-state index is 0.159. The quantitative estimate of drug-likeness (QED) is 0.559. The van der Waals surface area contributed by atoms with E-state index in [0.29, 0.717) is 0 Å². The molecule has 0 aliphatic rings. The number of benzene rings is 1. The summed E-state index contributed by atoms with van der Waals surface area (Å²) in [6, 6.07) is 12.2. The number of hydrogen-bond acceptors (Lipinski definition) is 5. The summed E-state index contributed by atoms with van der Waals surface area (Å²) in [7, 11) is 2.06. The molecule has 6 heteroatoms. The molecule has 4 rings (SSSR count). The maximum atomic E-state index is 4.94. The van der Waals surface area contributed by atoms with E-state index in [-0.39, 0.29) is 6.04 Å². The lowest BCUT2D eigenvalue weighted by molar-refractivity contribution is 0.240. The van der Waals surface area contributed by atoms with Crippen LogP contribution in [-0.2, 0) is 6.54 Å². The molecule has 25 heavy (non-hydrogen) atoms. The summed E-state index contributed by atoms with van der Waals surface area (Å²) < 4.78 is 6.77. The Morgan fingerprint density at radius 1 is 1.16 bits per heavy atom. The lowest BCUT2D eigenvalue weighted by atomic mass is 10.1. The Hall–Kier alpha value is -2.99. The maximum Gasteiger partial charge on any atom is 0.162 e. The minimum Gasteiger partial charge on any atom is -0.364 e. The molecule has 0 aliphatic carbocycles. The van der Waals surface area contributed by atoms with E-state index in [2.05, 4.69) is 46.2 Å². The molecule has 0 aliphatic heterocycles. The first-order valence-electron chi connectivity index (χ1n) is 8.20. The molecule has 6 nitrogen and oxygen atoms in total. The van der Waals surface area contributed by atoms with Crippen molar-refractivity contribution in [3.8, 4) is 11.1 Å². The maximum absolute atomic E-state index is 4.94. The van der Waals surface area contributed by atoms with Gasteiger partial charge >= 0.3 is 0 Å². The number of aromatic nitrogens is 4. The van der Waals surface area contributed by atoms with Crippen molar-refractivity contribution in [1.82, 2.24) is 24.7 Å². The molecule has 1 aromatic carbocycles. The van der Waals surface area contributed by atoms with Crippen molar-refractivity contribution in [3.63, 3.8) is 0 Å². The molecule has 1 atom stereocenters. The van der Waals surface area contributed by atoms with Gasteiger partial charge in [-0.2, -0.15) is 5.10 Å². The molecule has 0 radical (unpaired) electrons. The average molecular weight is 333 g/mol.